The molecule has 1 nitrogen and oxygen atoms in total. The summed E-state index contributed by atoms with van der Waals surface area (Å²) in [6.45, 7) is 9.19. The molecule has 0 aliphatic rings. The standard InChI is InChI=1S/C14H20BrN/c1-4-16-14(10-5-11(2)3)12-6-8-13(15)9-7-12/h6-9,14,16H,2,4-5,10H2,1,3H3. The molecule has 1 atom stereocenters. The molecular weight excluding hydrogens is 262 g/mol. The Morgan fingerprint density at radius 1 is 1.38 bits per heavy atom. The van der Waals surface area contributed by atoms with Gasteiger partial charge in [0, 0.05) is 10.5 Å². The number of rotatable bonds is 6. The molecule has 0 fully saturated rings. The van der Waals surface area contributed by atoms with E-state index in [4.69, 9.17) is 0 Å². The van der Waals surface area contributed by atoms with Gasteiger partial charge in [-0.1, -0.05) is 40.6 Å². The molecule has 16 heavy (non-hydrogen) atoms. The first kappa shape index (κ1) is 13.5. The fraction of sp³-hybridized carbons (Fsp3) is 0.429. The van der Waals surface area contributed by atoms with Gasteiger partial charge in [0.05, 0.1) is 0 Å². The summed E-state index contributed by atoms with van der Waals surface area (Å²) < 4.78 is 1.13. The average molecular weight is 282 g/mol. The lowest BCUT2D eigenvalue weighted by Crippen LogP contribution is -2.20. The molecule has 0 spiro atoms. The van der Waals surface area contributed by atoms with Gasteiger partial charge in [-0.15, -0.1) is 6.58 Å². The lowest BCUT2D eigenvalue weighted by molar-refractivity contribution is 0.514. The third-order valence-electron chi connectivity index (χ3n) is 2.58. The van der Waals surface area contributed by atoms with Crippen molar-refractivity contribution in [2.45, 2.75) is 32.7 Å². The Morgan fingerprint density at radius 2 is 2.00 bits per heavy atom. The molecule has 1 aromatic carbocycles. The molecule has 1 rings (SSSR count). The van der Waals surface area contributed by atoms with Crippen LogP contribution < -0.4 is 5.32 Å². The van der Waals surface area contributed by atoms with Crippen LogP contribution in [0.5, 0.6) is 0 Å². The highest BCUT2D eigenvalue weighted by Crippen LogP contribution is 2.22. The summed E-state index contributed by atoms with van der Waals surface area (Å²) in [6.07, 6.45) is 2.19. The molecule has 0 radical (unpaired) electrons. The predicted molar refractivity (Wildman–Crippen MR) is 74.6 cm³/mol. The highest BCUT2D eigenvalue weighted by atomic mass is 79.9. The summed E-state index contributed by atoms with van der Waals surface area (Å²) in [7, 11) is 0. The van der Waals surface area contributed by atoms with Crippen LogP contribution in [-0.4, -0.2) is 6.54 Å². The number of benzene rings is 1. The third-order valence-corrected chi connectivity index (χ3v) is 3.11. The minimum Gasteiger partial charge on any atom is -0.310 e. The maximum atomic E-state index is 3.96. The second-order valence-corrected chi connectivity index (χ2v) is 5.07. The van der Waals surface area contributed by atoms with Crippen LogP contribution in [0.25, 0.3) is 0 Å². The Morgan fingerprint density at radius 3 is 2.50 bits per heavy atom. The lowest BCUT2D eigenvalue weighted by atomic mass is 10.00. The van der Waals surface area contributed by atoms with E-state index >= 15 is 0 Å². The van der Waals surface area contributed by atoms with E-state index in [2.05, 4.69) is 65.9 Å². The highest BCUT2D eigenvalue weighted by Gasteiger charge is 2.09. The van der Waals surface area contributed by atoms with Crippen molar-refractivity contribution in [1.29, 1.82) is 0 Å². The highest BCUT2D eigenvalue weighted by molar-refractivity contribution is 9.10. The molecule has 0 amide bonds. The van der Waals surface area contributed by atoms with Crippen LogP contribution in [0.2, 0.25) is 0 Å². The molecule has 0 aliphatic carbocycles. The van der Waals surface area contributed by atoms with Crippen molar-refractivity contribution >= 4 is 15.9 Å². The first-order valence-corrected chi connectivity index (χ1v) is 6.56. The van der Waals surface area contributed by atoms with E-state index in [-0.39, 0.29) is 0 Å². The minimum absolute atomic E-state index is 0.440. The molecule has 1 unspecified atom stereocenters. The van der Waals surface area contributed by atoms with E-state index in [1.807, 2.05) is 0 Å². The normalized spacial score (nSPS) is 12.4. The Bertz CT molecular complexity index is 329. The van der Waals surface area contributed by atoms with Crippen molar-refractivity contribution in [3.8, 4) is 0 Å². The Hall–Kier alpha value is -0.600. The van der Waals surface area contributed by atoms with Gasteiger partial charge >= 0.3 is 0 Å². The van der Waals surface area contributed by atoms with Crippen molar-refractivity contribution in [3.05, 3.63) is 46.5 Å². The third kappa shape index (κ3) is 4.50. The first-order valence-electron chi connectivity index (χ1n) is 5.76. The van der Waals surface area contributed by atoms with Crippen molar-refractivity contribution < 1.29 is 0 Å². The molecule has 88 valence electrons. The van der Waals surface area contributed by atoms with Crippen LogP contribution in [0.3, 0.4) is 0 Å². The van der Waals surface area contributed by atoms with E-state index in [1.54, 1.807) is 0 Å². The topological polar surface area (TPSA) is 12.0 Å². The van der Waals surface area contributed by atoms with Gasteiger partial charge in [0.1, 0.15) is 0 Å². The monoisotopic (exact) mass is 281 g/mol. The molecule has 0 aromatic heterocycles. The zero-order valence-electron chi connectivity index (χ0n) is 10.1. The minimum atomic E-state index is 0.440. The quantitative estimate of drug-likeness (QED) is 0.760. The molecule has 0 aliphatic heterocycles. The van der Waals surface area contributed by atoms with E-state index in [0.717, 1.165) is 23.9 Å². The number of hydrogen-bond donors (Lipinski definition) is 1. The van der Waals surface area contributed by atoms with Gasteiger partial charge in [0.25, 0.3) is 0 Å². The lowest BCUT2D eigenvalue weighted by Gasteiger charge is -2.18. The maximum absolute atomic E-state index is 3.96. The molecule has 0 saturated carbocycles. The summed E-state index contributed by atoms with van der Waals surface area (Å²) in [5, 5.41) is 3.52. The van der Waals surface area contributed by atoms with Gasteiger partial charge < -0.3 is 5.32 Å². The Balaban J connectivity index is 2.68. The summed E-state index contributed by atoms with van der Waals surface area (Å²) in [5.41, 5.74) is 2.60. The molecule has 0 heterocycles. The van der Waals surface area contributed by atoms with Crippen molar-refractivity contribution in [2.75, 3.05) is 6.54 Å². The van der Waals surface area contributed by atoms with Crippen LogP contribution in [0.15, 0.2) is 40.9 Å². The van der Waals surface area contributed by atoms with Crippen LogP contribution in [0.1, 0.15) is 38.3 Å². The van der Waals surface area contributed by atoms with Gasteiger partial charge in [-0.25, -0.2) is 0 Å². The van der Waals surface area contributed by atoms with E-state index in [0.29, 0.717) is 6.04 Å². The second kappa shape index (κ2) is 6.87. The van der Waals surface area contributed by atoms with E-state index in [1.165, 1.54) is 11.1 Å². The Kier molecular flexibility index (Phi) is 5.78. The van der Waals surface area contributed by atoms with Gasteiger partial charge in [0.2, 0.25) is 0 Å². The summed E-state index contributed by atoms with van der Waals surface area (Å²) in [6, 6.07) is 8.99. The zero-order chi connectivity index (χ0) is 12.0. The van der Waals surface area contributed by atoms with Crippen molar-refractivity contribution in [2.24, 2.45) is 0 Å². The molecular formula is C14H20BrN. The molecule has 1 aromatic rings. The molecule has 0 saturated heterocycles. The SMILES string of the molecule is C=C(C)CCC(NCC)c1ccc(Br)cc1. The van der Waals surface area contributed by atoms with Crippen LogP contribution in [-0.2, 0) is 0 Å². The number of hydrogen-bond acceptors (Lipinski definition) is 1. The summed E-state index contributed by atoms with van der Waals surface area (Å²) in [5.74, 6) is 0. The average Bonchev–Trinajstić information content (AvgIpc) is 2.25. The number of allylic oxidation sites excluding steroid dienone is 1. The fourth-order valence-corrected chi connectivity index (χ4v) is 1.98. The van der Waals surface area contributed by atoms with E-state index in [9.17, 15) is 0 Å². The molecule has 0 bridgehead atoms. The van der Waals surface area contributed by atoms with Crippen LogP contribution in [0.4, 0.5) is 0 Å². The van der Waals surface area contributed by atoms with Gasteiger partial charge in [-0.3, -0.25) is 0 Å². The number of halogens is 1. The van der Waals surface area contributed by atoms with Gasteiger partial charge in [-0.2, -0.15) is 0 Å². The van der Waals surface area contributed by atoms with Crippen LogP contribution >= 0.6 is 15.9 Å². The fourth-order valence-electron chi connectivity index (χ4n) is 1.72. The molecule has 2 heteroatoms. The zero-order valence-corrected chi connectivity index (χ0v) is 11.7. The van der Waals surface area contributed by atoms with Crippen molar-refractivity contribution in [3.63, 3.8) is 0 Å². The van der Waals surface area contributed by atoms with Gasteiger partial charge in [-0.05, 0) is 44.0 Å². The van der Waals surface area contributed by atoms with E-state index < -0.39 is 0 Å². The summed E-state index contributed by atoms with van der Waals surface area (Å²) in [4.78, 5) is 0. The first-order chi connectivity index (χ1) is 7.63. The number of nitrogens with one attached hydrogen (secondary N) is 1. The Labute approximate surface area is 107 Å². The van der Waals surface area contributed by atoms with Crippen molar-refractivity contribution in [1.82, 2.24) is 5.32 Å². The molecule has 1 N–H and O–H groups in total. The second-order valence-electron chi connectivity index (χ2n) is 4.16. The maximum Gasteiger partial charge on any atom is 0.0323 e. The smallest absolute Gasteiger partial charge is 0.0323 e. The van der Waals surface area contributed by atoms with Gasteiger partial charge in [0.15, 0.2) is 0 Å². The predicted octanol–water partition coefficient (Wildman–Crippen LogP) is 4.46. The largest absolute Gasteiger partial charge is 0.310 e. The van der Waals surface area contributed by atoms with Crippen LogP contribution in [0, 0.1) is 0 Å². The summed E-state index contributed by atoms with van der Waals surface area (Å²) >= 11 is 3.46.